The van der Waals surface area contributed by atoms with Crippen molar-refractivity contribution in [3.8, 4) is 0 Å². The van der Waals surface area contributed by atoms with Crippen LogP contribution in [0.5, 0.6) is 0 Å². The number of aromatic nitrogens is 2. The summed E-state index contributed by atoms with van der Waals surface area (Å²) in [6, 6.07) is 0. The van der Waals surface area contributed by atoms with Gasteiger partial charge < -0.3 is 0 Å². The second kappa shape index (κ2) is 2.42. The number of nitrogens with zero attached hydrogens (tertiary/aromatic N) is 2. The zero-order chi connectivity index (χ0) is 7.72. The summed E-state index contributed by atoms with van der Waals surface area (Å²) in [6.45, 7) is 1.75. The fourth-order valence-electron chi connectivity index (χ4n) is 0.593. The van der Waals surface area contributed by atoms with Gasteiger partial charge in [-0.05, 0) is 12.5 Å². The summed E-state index contributed by atoms with van der Waals surface area (Å²) in [5, 5.41) is 4.01. The van der Waals surface area contributed by atoms with Crippen LogP contribution >= 0.6 is 11.6 Å². The van der Waals surface area contributed by atoms with E-state index in [-0.39, 0.29) is 10.6 Å². The lowest BCUT2D eigenvalue weighted by atomic mass is 10.3. The highest BCUT2D eigenvalue weighted by Gasteiger charge is 2.00. The minimum atomic E-state index is -0.248. The third-order valence-corrected chi connectivity index (χ3v) is 1.71. The van der Waals surface area contributed by atoms with Crippen LogP contribution in [-0.2, 0) is 7.05 Å². The summed E-state index contributed by atoms with van der Waals surface area (Å²) in [5.74, 6) is 0. The first-order chi connectivity index (χ1) is 4.63. The summed E-state index contributed by atoms with van der Waals surface area (Å²) in [6.07, 6.45) is 1.56. The van der Waals surface area contributed by atoms with E-state index in [1.807, 2.05) is 0 Å². The lowest BCUT2D eigenvalue weighted by molar-refractivity contribution is 0.703. The van der Waals surface area contributed by atoms with E-state index in [0.717, 1.165) is 0 Å². The molecule has 0 atom stereocenters. The first-order valence-corrected chi connectivity index (χ1v) is 3.19. The average molecular weight is 159 g/mol. The van der Waals surface area contributed by atoms with Crippen LogP contribution in [0.2, 0.25) is 5.02 Å². The van der Waals surface area contributed by atoms with Crippen LogP contribution in [0.3, 0.4) is 0 Å². The number of hydrogen-bond donors (Lipinski definition) is 0. The zero-order valence-corrected chi connectivity index (χ0v) is 6.51. The van der Waals surface area contributed by atoms with Gasteiger partial charge in [0.05, 0.1) is 6.20 Å². The largest absolute Gasteiger partial charge is 0.285 e. The molecular formula is C6H7ClN2O. The molecule has 0 N–H and O–H groups in total. The van der Waals surface area contributed by atoms with Crippen LogP contribution in [0.15, 0.2) is 11.0 Å². The van der Waals surface area contributed by atoms with Gasteiger partial charge in [0, 0.05) is 7.05 Å². The molecule has 1 aromatic heterocycles. The molecule has 0 unspecified atom stereocenters. The van der Waals surface area contributed by atoms with Crippen LogP contribution < -0.4 is 5.56 Å². The Morgan fingerprint density at radius 2 is 2.30 bits per heavy atom. The zero-order valence-electron chi connectivity index (χ0n) is 5.76. The Labute approximate surface area is 63.2 Å². The molecule has 0 spiro atoms. The van der Waals surface area contributed by atoms with Crippen LogP contribution in [-0.4, -0.2) is 9.78 Å². The van der Waals surface area contributed by atoms with Crippen molar-refractivity contribution in [2.24, 2.45) is 7.05 Å². The average Bonchev–Trinajstić information content (AvgIpc) is 1.93. The van der Waals surface area contributed by atoms with Gasteiger partial charge in [0.2, 0.25) is 0 Å². The molecule has 0 saturated carbocycles. The Kier molecular flexibility index (Phi) is 1.76. The molecule has 3 nitrogen and oxygen atoms in total. The molecule has 0 saturated heterocycles. The second-order valence-electron chi connectivity index (χ2n) is 2.07. The Hall–Kier alpha value is -0.830. The predicted octanol–water partition coefficient (Wildman–Crippen LogP) is 0.742. The van der Waals surface area contributed by atoms with Crippen LogP contribution in [0, 0.1) is 6.92 Å². The number of hydrogen-bond acceptors (Lipinski definition) is 2. The van der Waals surface area contributed by atoms with E-state index in [4.69, 9.17) is 11.6 Å². The van der Waals surface area contributed by atoms with E-state index in [2.05, 4.69) is 5.10 Å². The monoisotopic (exact) mass is 158 g/mol. The normalized spacial score (nSPS) is 9.90. The van der Waals surface area contributed by atoms with Crippen molar-refractivity contribution < 1.29 is 0 Å². The topological polar surface area (TPSA) is 34.9 Å². The maximum absolute atomic E-state index is 11.0. The standard InChI is InChI=1S/C6H7ClN2O/c1-4-3-8-9(2)6(10)5(4)7/h3H,1-2H3. The first-order valence-electron chi connectivity index (χ1n) is 2.81. The molecule has 0 aliphatic heterocycles. The van der Waals surface area contributed by atoms with Gasteiger partial charge in [-0.15, -0.1) is 0 Å². The molecule has 1 rings (SSSR count). The molecule has 10 heavy (non-hydrogen) atoms. The lowest BCUT2D eigenvalue weighted by Gasteiger charge is -1.97. The molecule has 0 aromatic carbocycles. The highest BCUT2D eigenvalue weighted by atomic mass is 35.5. The smallest absolute Gasteiger partial charge is 0.266 e. The minimum Gasteiger partial charge on any atom is -0.266 e. The molecule has 1 aromatic rings. The maximum Gasteiger partial charge on any atom is 0.285 e. The van der Waals surface area contributed by atoms with Crippen molar-refractivity contribution >= 4 is 11.6 Å². The first kappa shape index (κ1) is 7.28. The van der Waals surface area contributed by atoms with E-state index >= 15 is 0 Å². The quantitative estimate of drug-likeness (QED) is 0.558. The van der Waals surface area contributed by atoms with Crippen molar-refractivity contribution in [2.45, 2.75) is 6.92 Å². The Morgan fingerprint density at radius 1 is 1.70 bits per heavy atom. The third-order valence-electron chi connectivity index (χ3n) is 1.25. The fourth-order valence-corrected chi connectivity index (χ4v) is 0.764. The van der Waals surface area contributed by atoms with Gasteiger partial charge in [-0.1, -0.05) is 11.6 Å². The highest BCUT2D eigenvalue weighted by Crippen LogP contribution is 2.04. The van der Waals surface area contributed by atoms with Gasteiger partial charge in [-0.2, -0.15) is 5.10 Å². The predicted molar refractivity (Wildman–Crippen MR) is 39.2 cm³/mol. The molecule has 0 bridgehead atoms. The van der Waals surface area contributed by atoms with Gasteiger partial charge >= 0.3 is 0 Å². The summed E-state index contributed by atoms with van der Waals surface area (Å²) < 4.78 is 1.20. The molecule has 4 heteroatoms. The molecular weight excluding hydrogens is 152 g/mol. The number of aryl methyl sites for hydroxylation is 2. The van der Waals surface area contributed by atoms with Gasteiger partial charge in [0.25, 0.3) is 5.56 Å². The van der Waals surface area contributed by atoms with Crippen LogP contribution in [0.4, 0.5) is 0 Å². The Bertz CT molecular complexity index is 305. The molecule has 1 heterocycles. The Morgan fingerprint density at radius 3 is 2.80 bits per heavy atom. The molecule has 0 aliphatic rings. The summed E-state index contributed by atoms with van der Waals surface area (Å²) in [4.78, 5) is 11.0. The summed E-state index contributed by atoms with van der Waals surface area (Å²) in [7, 11) is 1.56. The molecule has 0 aliphatic carbocycles. The Balaban J connectivity index is 3.50. The van der Waals surface area contributed by atoms with Crippen LogP contribution in [0.1, 0.15) is 5.56 Å². The van der Waals surface area contributed by atoms with E-state index in [1.165, 1.54) is 4.68 Å². The van der Waals surface area contributed by atoms with Gasteiger partial charge in [0.1, 0.15) is 5.02 Å². The van der Waals surface area contributed by atoms with E-state index < -0.39 is 0 Å². The fraction of sp³-hybridized carbons (Fsp3) is 0.333. The molecule has 54 valence electrons. The molecule has 0 radical (unpaired) electrons. The number of halogens is 1. The van der Waals surface area contributed by atoms with Crippen LogP contribution in [0.25, 0.3) is 0 Å². The van der Waals surface area contributed by atoms with E-state index in [9.17, 15) is 4.79 Å². The van der Waals surface area contributed by atoms with Gasteiger partial charge in [-0.3, -0.25) is 4.79 Å². The second-order valence-corrected chi connectivity index (χ2v) is 2.45. The minimum absolute atomic E-state index is 0.248. The SMILES string of the molecule is Cc1cnn(C)c(=O)c1Cl. The van der Waals surface area contributed by atoms with Crippen molar-refractivity contribution in [3.05, 3.63) is 27.1 Å². The number of rotatable bonds is 0. The van der Waals surface area contributed by atoms with Crippen molar-refractivity contribution in [2.75, 3.05) is 0 Å². The van der Waals surface area contributed by atoms with Crippen molar-refractivity contribution in [3.63, 3.8) is 0 Å². The van der Waals surface area contributed by atoms with Gasteiger partial charge in [-0.25, -0.2) is 4.68 Å². The van der Waals surface area contributed by atoms with Crippen molar-refractivity contribution in [1.29, 1.82) is 0 Å². The van der Waals surface area contributed by atoms with Crippen molar-refractivity contribution in [1.82, 2.24) is 9.78 Å². The molecule has 0 amide bonds. The summed E-state index contributed by atoms with van der Waals surface area (Å²) >= 11 is 5.61. The lowest BCUT2D eigenvalue weighted by Crippen LogP contribution is -2.20. The van der Waals surface area contributed by atoms with E-state index in [1.54, 1.807) is 20.2 Å². The maximum atomic E-state index is 11.0. The summed E-state index contributed by atoms with van der Waals surface area (Å²) in [5.41, 5.74) is 0.464. The highest BCUT2D eigenvalue weighted by molar-refractivity contribution is 6.31. The molecule has 0 fully saturated rings. The van der Waals surface area contributed by atoms with E-state index in [0.29, 0.717) is 5.56 Å². The third kappa shape index (κ3) is 1.04. The van der Waals surface area contributed by atoms with Gasteiger partial charge in [0.15, 0.2) is 0 Å².